The summed E-state index contributed by atoms with van der Waals surface area (Å²) >= 11 is 3.59. The molecule has 1 aliphatic heterocycles. The Morgan fingerprint density at radius 2 is 1.85 bits per heavy atom. The van der Waals surface area contributed by atoms with Crippen molar-refractivity contribution in [3.63, 3.8) is 0 Å². The van der Waals surface area contributed by atoms with Crippen LogP contribution in [0.25, 0.3) is 0 Å². The van der Waals surface area contributed by atoms with Crippen molar-refractivity contribution in [2.45, 2.75) is 58.0 Å². The van der Waals surface area contributed by atoms with Crippen molar-refractivity contribution in [1.82, 2.24) is 5.32 Å². The van der Waals surface area contributed by atoms with Crippen LogP contribution in [0.2, 0.25) is 0 Å². The molecule has 2 fully saturated rings. The molecule has 3 rings (SSSR count). The Bertz CT molecular complexity index is 457. The van der Waals surface area contributed by atoms with Crippen molar-refractivity contribution in [1.29, 1.82) is 0 Å². The number of hydrogen-bond acceptors (Lipinski definition) is 2. The lowest BCUT2D eigenvalue weighted by Crippen LogP contribution is -2.38. The average molecular weight is 337 g/mol. The number of benzene rings is 1. The van der Waals surface area contributed by atoms with Crippen LogP contribution >= 0.6 is 15.9 Å². The third kappa shape index (κ3) is 2.89. The maximum atomic E-state index is 3.87. The highest BCUT2D eigenvalue weighted by Gasteiger charge is 2.35. The van der Waals surface area contributed by atoms with E-state index in [2.05, 4.69) is 52.5 Å². The van der Waals surface area contributed by atoms with Crippen LogP contribution in [0.15, 0.2) is 16.6 Å². The third-order valence-corrected chi connectivity index (χ3v) is 5.47. The topological polar surface area (TPSA) is 24.1 Å². The fraction of sp³-hybridized carbons (Fsp3) is 0.647. The van der Waals surface area contributed by atoms with Crippen LogP contribution < -0.4 is 10.6 Å². The molecule has 0 spiro atoms. The average Bonchev–Trinajstić information content (AvgIpc) is 3.04. The van der Waals surface area contributed by atoms with Gasteiger partial charge in [0.1, 0.15) is 0 Å². The van der Waals surface area contributed by atoms with Gasteiger partial charge in [-0.1, -0.05) is 22.4 Å². The van der Waals surface area contributed by atoms with Crippen molar-refractivity contribution >= 4 is 21.6 Å². The lowest BCUT2D eigenvalue weighted by Gasteiger charge is -2.28. The Balaban J connectivity index is 1.76. The molecule has 20 heavy (non-hydrogen) atoms. The summed E-state index contributed by atoms with van der Waals surface area (Å²) in [6.45, 7) is 5.62. The maximum absolute atomic E-state index is 3.87. The molecule has 3 heteroatoms. The first-order valence-corrected chi connectivity index (χ1v) is 8.71. The van der Waals surface area contributed by atoms with Crippen LogP contribution in [0.5, 0.6) is 0 Å². The van der Waals surface area contributed by atoms with E-state index < -0.39 is 0 Å². The fourth-order valence-corrected chi connectivity index (χ4v) is 4.74. The summed E-state index contributed by atoms with van der Waals surface area (Å²) < 4.78 is 1.18. The number of nitrogens with one attached hydrogen (secondary N) is 2. The summed E-state index contributed by atoms with van der Waals surface area (Å²) in [5, 5.41) is 7.58. The van der Waals surface area contributed by atoms with Crippen molar-refractivity contribution in [3.8, 4) is 0 Å². The molecule has 0 radical (unpaired) electrons. The van der Waals surface area contributed by atoms with Gasteiger partial charge in [0.2, 0.25) is 0 Å². The smallest absolute Gasteiger partial charge is 0.0402 e. The Hall–Kier alpha value is -0.540. The lowest BCUT2D eigenvalue weighted by atomic mass is 9.92. The van der Waals surface area contributed by atoms with E-state index >= 15 is 0 Å². The number of anilines is 1. The van der Waals surface area contributed by atoms with Gasteiger partial charge in [0.25, 0.3) is 0 Å². The molecule has 110 valence electrons. The van der Waals surface area contributed by atoms with Crippen LogP contribution in [0.3, 0.4) is 0 Å². The first kappa shape index (κ1) is 14.4. The predicted octanol–water partition coefficient (Wildman–Crippen LogP) is 4.40. The summed E-state index contributed by atoms with van der Waals surface area (Å²) in [5.41, 5.74) is 4.05. The molecule has 2 N–H and O–H groups in total. The van der Waals surface area contributed by atoms with E-state index in [0.29, 0.717) is 6.04 Å². The largest absolute Gasteiger partial charge is 0.382 e. The highest BCUT2D eigenvalue weighted by atomic mass is 79.9. The summed E-state index contributed by atoms with van der Waals surface area (Å²) in [7, 11) is 0. The normalized spacial score (nSPS) is 29.9. The van der Waals surface area contributed by atoms with E-state index in [1.807, 2.05) is 0 Å². The van der Waals surface area contributed by atoms with Crippen molar-refractivity contribution in [3.05, 3.63) is 27.7 Å². The van der Waals surface area contributed by atoms with Gasteiger partial charge in [0.15, 0.2) is 0 Å². The minimum atomic E-state index is 0.643. The van der Waals surface area contributed by atoms with Crippen LogP contribution in [0, 0.1) is 19.8 Å². The van der Waals surface area contributed by atoms with Gasteiger partial charge < -0.3 is 10.6 Å². The Morgan fingerprint density at radius 1 is 1.10 bits per heavy atom. The molecule has 2 nitrogen and oxygen atoms in total. The second-order valence-corrected chi connectivity index (χ2v) is 7.38. The first-order chi connectivity index (χ1) is 9.65. The van der Waals surface area contributed by atoms with E-state index in [4.69, 9.17) is 0 Å². The first-order valence-electron chi connectivity index (χ1n) is 7.92. The second-order valence-electron chi connectivity index (χ2n) is 6.46. The molecule has 0 aromatic heterocycles. The molecular formula is C17H25BrN2. The van der Waals surface area contributed by atoms with Crippen LogP contribution in [-0.2, 0) is 0 Å². The Morgan fingerprint density at radius 3 is 2.50 bits per heavy atom. The Kier molecular flexibility index (Phi) is 4.37. The number of halogens is 1. The third-order valence-electron chi connectivity index (χ3n) is 5.01. The van der Waals surface area contributed by atoms with Gasteiger partial charge in [-0.15, -0.1) is 0 Å². The quantitative estimate of drug-likeness (QED) is 0.854. The number of hydrogen-bond donors (Lipinski definition) is 2. The molecule has 2 aliphatic rings. The van der Waals surface area contributed by atoms with Crippen LogP contribution in [0.4, 0.5) is 5.69 Å². The van der Waals surface area contributed by atoms with E-state index in [-0.39, 0.29) is 0 Å². The molecule has 3 unspecified atom stereocenters. The van der Waals surface area contributed by atoms with Gasteiger partial charge >= 0.3 is 0 Å². The van der Waals surface area contributed by atoms with E-state index in [9.17, 15) is 0 Å². The van der Waals surface area contributed by atoms with Gasteiger partial charge in [0, 0.05) is 22.2 Å². The highest BCUT2D eigenvalue weighted by Crippen LogP contribution is 2.35. The molecule has 1 saturated carbocycles. The fourth-order valence-electron chi connectivity index (χ4n) is 4.05. The molecule has 3 atom stereocenters. The molecule has 1 aliphatic carbocycles. The Labute approximate surface area is 130 Å². The summed E-state index contributed by atoms with van der Waals surface area (Å²) in [5.74, 6) is 0.806. The molecule has 1 aromatic rings. The zero-order chi connectivity index (χ0) is 14.1. The van der Waals surface area contributed by atoms with Crippen molar-refractivity contribution in [2.24, 2.45) is 5.92 Å². The number of aryl methyl sites for hydroxylation is 2. The molecule has 1 heterocycles. The minimum Gasteiger partial charge on any atom is -0.382 e. The van der Waals surface area contributed by atoms with Gasteiger partial charge in [-0.25, -0.2) is 0 Å². The van der Waals surface area contributed by atoms with E-state index in [1.165, 1.54) is 59.9 Å². The minimum absolute atomic E-state index is 0.643. The standard InChI is InChI=1S/C17H25BrN2/c1-11-9-13(18)10-12(2)17(11)20-16-6-3-5-14(16)15-7-4-8-19-15/h9-10,14-16,19-20H,3-8H2,1-2H3. The van der Waals surface area contributed by atoms with Gasteiger partial charge in [-0.3, -0.25) is 0 Å². The molecular weight excluding hydrogens is 312 g/mol. The van der Waals surface area contributed by atoms with Crippen LogP contribution in [0.1, 0.15) is 43.2 Å². The SMILES string of the molecule is Cc1cc(Br)cc(C)c1NC1CCCC1C1CCCN1. The second kappa shape index (κ2) is 6.07. The van der Waals surface area contributed by atoms with E-state index in [1.54, 1.807) is 0 Å². The predicted molar refractivity (Wildman–Crippen MR) is 89.4 cm³/mol. The summed E-state index contributed by atoms with van der Waals surface area (Å²) in [6.07, 6.45) is 6.78. The molecule has 0 bridgehead atoms. The molecule has 1 aromatic carbocycles. The zero-order valence-electron chi connectivity index (χ0n) is 12.5. The van der Waals surface area contributed by atoms with Gasteiger partial charge in [-0.2, -0.15) is 0 Å². The monoisotopic (exact) mass is 336 g/mol. The zero-order valence-corrected chi connectivity index (χ0v) is 14.1. The van der Waals surface area contributed by atoms with Crippen molar-refractivity contribution < 1.29 is 0 Å². The number of rotatable bonds is 3. The maximum Gasteiger partial charge on any atom is 0.0402 e. The highest BCUT2D eigenvalue weighted by molar-refractivity contribution is 9.10. The lowest BCUT2D eigenvalue weighted by molar-refractivity contribution is 0.376. The molecule has 1 saturated heterocycles. The van der Waals surface area contributed by atoms with Crippen molar-refractivity contribution in [2.75, 3.05) is 11.9 Å². The van der Waals surface area contributed by atoms with Gasteiger partial charge in [0.05, 0.1) is 0 Å². The van der Waals surface area contributed by atoms with Gasteiger partial charge in [-0.05, 0) is 75.3 Å². The van der Waals surface area contributed by atoms with Crippen LogP contribution in [-0.4, -0.2) is 18.6 Å². The molecule has 0 amide bonds. The van der Waals surface area contributed by atoms with E-state index in [0.717, 1.165) is 12.0 Å². The summed E-state index contributed by atoms with van der Waals surface area (Å²) in [4.78, 5) is 0. The summed E-state index contributed by atoms with van der Waals surface area (Å²) in [6, 6.07) is 5.82.